The fourth-order valence-electron chi connectivity index (χ4n) is 1.75. The van der Waals surface area contributed by atoms with Crippen LogP contribution in [0.3, 0.4) is 0 Å². The maximum Gasteiger partial charge on any atom is 0.252 e. The van der Waals surface area contributed by atoms with Crippen molar-refractivity contribution in [3.63, 3.8) is 0 Å². The van der Waals surface area contributed by atoms with Gasteiger partial charge in [0, 0.05) is 6.07 Å². The normalized spacial score (nSPS) is 17.0. The van der Waals surface area contributed by atoms with Gasteiger partial charge in [-0.05, 0) is 32.9 Å². The van der Waals surface area contributed by atoms with Gasteiger partial charge in [-0.3, -0.25) is 10.1 Å². The van der Waals surface area contributed by atoms with Gasteiger partial charge in [0.05, 0.1) is 11.8 Å². The van der Waals surface area contributed by atoms with Crippen molar-refractivity contribution in [2.75, 3.05) is 25.0 Å². The highest BCUT2D eigenvalue weighted by molar-refractivity contribution is 5.90. The number of carbonyl (C=O) groups excluding carboxylic acids is 1. The molecule has 2 rings (SSSR count). The lowest BCUT2D eigenvalue weighted by Gasteiger charge is -2.22. The van der Waals surface area contributed by atoms with Gasteiger partial charge in [0.25, 0.3) is 5.91 Å². The first-order valence-electron chi connectivity index (χ1n) is 5.79. The van der Waals surface area contributed by atoms with Crippen LogP contribution in [0.4, 0.5) is 5.88 Å². The Morgan fingerprint density at radius 2 is 2.41 bits per heavy atom. The third kappa shape index (κ3) is 3.83. The average molecular weight is 239 g/mol. The topological polar surface area (TPSA) is 76.4 Å². The number of aryl methyl sites for hydroxylation is 1. The van der Waals surface area contributed by atoms with Crippen molar-refractivity contribution in [2.45, 2.75) is 25.9 Å². The van der Waals surface area contributed by atoms with Crippen LogP contribution in [0.1, 0.15) is 18.5 Å². The van der Waals surface area contributed by atoms with Crippen molar-refractivity contribution in [1.29, 1.82) is 0 Å². The largest absolute Gasteiger partial charge is 0.368 e. The number of hydrogen-bond acceptors (Lipinski definition) is 5. The Balaban J connectivity index is 1.70. The molecular formula is C11H17N3O3. The van der Waals surface area contributed by atoms with E-state index in [1.165, 1.54) is 0 Å². The number of piperidine rings is 1. The molecule has 0 bridgehead atoms. The van der Waals surface area contributed by atoms with Crippen LogP contribution in [0.25, 0.3) is 0 Å². The van der Waals surface area contributed by atoms with Gasteiger partial charge in [-0.25, -0.2) is 0 Å². The lowest BCUT2D eigenvalue weighted by molar-refractivity contribution is -0.123. The minimum absolute atomic E-state index is 0.0599. The summed E-state index contributed by atoms with van der Waals surface area (Å²) in [7, 11) is 0. The molecule has 0 spiro atoms. The van der Waals surface area contributed by atoms with E-state index in [2.05, 4.69) is 15.8 Å². The second kappa shape index (κ2) is 5.79. The summed E-state index contributed by atoms with van der Waals surface area (Å²) in [5, 5.41) is 9.52. The third-order valence-electron chi connectivity index (χ3n) is 2.63. The van der Waals surface area contributed by atoms with Crippen molar-refractivity contribution < 1.29 is 14.1 Å². The highest BCUT2D eigenvalue weighted by Gasteiger charge is 2.15. The molecule has 1 fully saturated rings. The SMILES string of the molecule is Cc1cc(NC(=O)COC2CCNCC2)on1. The van der Waals surface area contributed by atoms with Crippen LogP contribution < -0.4 is 10.6 Å². The molecule has 2 heterocycles. The summed E-state index contributed by atoms with van der Waals surface area (Å²) in [4.78, 5) is 11.5. The van der Waals surface area contributed by atoms with Crippen molar-refractivity contribution in [2.24, 2.45) is 0 Å². The molecule has 0 aliphatic carbocycles. The number of anilines is 1. The molecule has 0 unspecified atom stereocenters. The van der Waals surface area contributed by atoms with Crippen molar-refractivity contribution >= 4 is 11.8 Å². The number of nitrogens with zero attached hydrogens (tertiary/aromatic N) is 1. The Kier molecular flexibility index (Phi) is 4.11. The van der Waals surface area contributed by atoms with Gasteiger partial charge >= 0.3 is 0 Å². The van der Waals surface area contributed by atoms with Gasteiger partial charge in [-0.2, -0.15) is 0 Å². The van der Waals surface area contributed by atoms with Gasteiger partial charge in [0.1, 0.15) is 6.61 Å². The molecule has 0 saturated carbocycles. The van der Waals surface area contributed by atoms with E-state index >= 15 is 0 Å². The second-order valence-corrected chi connectivity index (χ2v) is 4.14. The van der Waals surface area contributed by atoms with Crippen LogP contribution in [0.2, 0.25) is 0 Å². The van der Waals surface area contributed by atoms with E-state index in [0.29, 0.717) is 5.88 Å². The highest BCUT2D eigenvalue weighted by atomic mass is 16.5. The summed E-state index contributed by atoms with van der Waals surface area (Å²) < 4.78 is 10.4. The van der Waals surface area contributed by atoms with Gasteiger partial charge in [0.2, 0.25) is 5.88 Å². The minimum Gasteiger partial charge on any atom is -0.368 e. The van der Waals surface area contributed by atoms with E-state index in [-0.39, 0.29) is 18.6 Å². The quantitative estimate of drug-likeness (QED) is 0.808. The summed E-state index contributed by atoms with van der Waals surface area (Å²) >= 11 is 0. The first-order valence-corrected chi connectivity index (χ1v) is 5.79. The molecule has 1 aliphatic rings. The predicted octanol–water partition coefficient (Wildman–Crippen LogP) is 0.690. The summed E-state index contributed by atoms with van der Waals surface area (Å²) in [5.74, 6) is 0.154. The number of aromatic nitrogens is 1. The van der Waals surface area contributed by atoms with E-state index in [0.717, 1.165) is 31.6 Å². The van der Waals surface area contributed by atoms with E-state index in [1.807, 2.05) is 0 Å². The van der Waals surface area contributed by atoms with E-state index in [1.54, 1.807) is 13.0 Å². The van der Waals surface area contributed by atoms with E-state index in [9.17, 15) is 4.79 Å². The number of carbonyl (C=O) groups is 1. The molecule has 1 aliphatic heterocycles. The first kappa shape index (κ1) is 12.1. The van der Waals surface area contributed by atoms with Gasteiger partial charge in [-0.1, -0.05) is 5.16 Å². The molecule has 0 atom stereocenters. The molecule has 6 heteroatoms. The zero-order valence-corrected chi connectivity index (χ0v) is 9.86. The van der Waals surface area contributed by atoms with Crippen molar-refractivity contribution in [1.82, 2.24) is 10.5 Å². The van der Waals surface area contributed by atoms with Crippen molar-refractivity contribution in [3.8, 4) is 0 Å². The summed E-state index contributed by atoms with van der Waals surface area (Å²) in [6.07, 6.45) is 2.09. The van der Waals surface area contributed by atoms with Crippen LogP contribution >= 0.6 is 0 Å². The van der Waals surface area contributed by atoms with Crippen LogP contribution in [0, 0.1) is 6.92 Å². The highest BCUT2D eigenvalue weighted by Crippen LogP contribution is 2.09. The molecular weight excluding hydrogens is 222 g/mol. The third-order valence-corrected chi connectivity index (χ3v) is 2.63. The number of nitrogens with one attached hydrogen (secondary N) is 2. The van der Waals surface area contributed by atoms with Crippen LogP contribution in [0.5, 0.6) is 0 Å². The van der Waals surface area contributed by atoms with Crippen LogP contribution in [-0.2, 0) is 9.53 Å². The number of hydrogen-bond donors (Lipinski definition) is 2. The Hall–Kier alpha value is -1.40. The second-order valence-electron chi connectivity index (χ2n) is 4.14. The standard InChI is InChI=1S/C11H17N3O3/c1-8-6-11(17-14-8)13-10(15)7-16-9-2-4-12-5-3-9/h6,9,12H,2-5,7H2,1H3,(H,13,15). The average Bonchev–Trinajstić information content (AvgIpc) is 2.73. The molecule has 0 radical (unpaired) electrons. The summed E-state index contributed by atoms with van der Waals surface area (Å²) in [5.41, 5.74) is 0.736. The van der Waals surface area contributed by atoms with E-state index < -0.39 is 0 Å². The fourth-order valence-corrected chi connectivity index (χ4v) is 1.75. The monoisotopic (exact) mass is 239 g/mol. The maximum absolute atomic E-state index is 11.5. The molecule has 17 heavy (non-hydrogen) atoms. The van der Waals surface area contributed by atoms with Gasteiger partial charge in [-0.15, -0.1) is 0 Å². The Labute approximate surface area is 99.7 Å². The molecule has 1 saturated heterocycles. The smallest absolute Gasteiger partial charge is 0.252 e. The predicted molar refractivity (Wildman–Crippen MR) is 61.7 cm³/mol. The Morgan fingerprint density at radius 3 is 3.06 bits per heavy atom. The lowest BCUT2D eigenvalue weighted by Crippen LogP contribution is -2.34. The van der Waals surface area contributed by atoms with Gasteiger partial charge in [0.15, 0.2) is 0 Å². The van der Waals surface area contributed by atoms with Crippen molar-refractivity contribution in [3.05, 3.63) is 11.8 Å². The van der Waals surface area contributed by atoms with Crippen LogP contribution in [-0.4, -0.2) is 36.9 Å². The zero-order valence-electron chi connectivity index (χ0n) is 9.86. The summed E-state index contributed by atoms with van der Waals surface area (Å²) in [6, 6.07) is 1.67. The molecule has 0 aromatic carbocycles. The maximum atomic E-state index is 11.5. The first-order chi connectivity index (χ1) is 8.24. The number of ether oxygens (including phenoxy) is 1. The molecule has 94 valence electrons. The molecule has 1 amide bonds. The number of amides is 1. The summed E-state index contributed by atoms with van der Waals surface area (Å²) in [6.45, 7) is 3.76. The zero-order chi connectivity index (χ0) is 12.1. The molecule has 2 N–H and O–H groups in total. The minimum atomic E-state index is -0.209. The van der Waals surface area contributed by atoms with Gasteiger partial charge < -0.3 is 14.6 Å². The Bertz CT molecular complexity index is 372. The van der Waals surface area contributed by atoms with Crippen LogP contribution in [0.15, 0.2) is 10.6 Å². The fraction of sp³-hybridized carbons (Fsp3) is 0.636. The molecule has 1 aromatic heterocycles. The van der Waals surface area contributed by atoms with E-state index in [4.69, 9.17) is 9.26 Å². The lowest BCUT2D eigenvalue weighted by atomic mass is 10.1. The Morgan fingerprint density at radius 1 is 1.65 bits per heavy atom. The number of rotatable bonds is 4. The molecule has 1 aromatic rings. The molecule has 6 nitrogen and oxygen atoms in total.